The summed E-state index contributed by atoms with van der Waals surface area (Å²) in [6.07, 6.45) is 0.903. The Morgan fingerprint density at radius 3 is 1.30 bits per heavy atom. The van der Waals surface area contributed by atoms with Gasteiger partial charge in [-0.25, -0.2) is 9.97 Å². The van der Waals surface area contributed by atoms with Gasteiger partial charge in [-0.15, -0.1) is 22.7 Å². The zero-order valence-electron chi connectivity index (χ0n) is 19.3. The van der Waals surface area contributed by atoms with Crippen LogP contribution in [0.15, 0.2) is 59.3 Å². The first kappa shape index (κ1) is 23.2. The molecule has 4 heterocycles. The van der Waals surface area contributed by atoms with Gasteiger partial charge in [0.05, 0.1) is 33.6 Å². The average Bonchev–Trinajstić information content (AvgIpc) is 3.66. The van der Waals surface area contributed by atoms with Gasteiger partial charge in [0.25, 0.3) is 23.6 Å². The van der Waals surface area contributed by atoms with Crippen LogP contribution >= 0.6 is 22.7 Å². The number of amides is 4. The van der Waals surface area contributed by atoms with Crippen LogP contribution in [0.1, 0.15) is 52.8 Å². The first-order chi connectivity index (χ1) is 18.0. The third kappa shape index (κ3) is 4.21. The second-order valence-electron chi connectivity index (χ2n) is 8.53. The van der Waals surface area contributed by atoms with Gasteiger partial charge in [-0.2, -0.15) is 0 Å². The summed E-state index contributed by atoms with van der Waals surface area (Å²) in [4.78, 5) is 61.8. The van der Waals surface area contributed by atoms with Crippen LogP contribution in [0.2, 0.25) is 0 Å². The number of aromatic nitrogens is 2. The molecule has 0 saturated carbocycles. The fourth-order valence-electron chi connectivity index (χ4n) is 4.39. The quantitative estimate of drug-likeness (QED) is 0.343. The molecule has 184 valence electrons. The van der Waals surface area contributed by atoms with E-state index in [0.717, 1.165) is 11.4 Å². The van der Waals surface area contributed by atoms with Crippen molar-refractivity contribution >= 4 is 56.6 Å². The van der Waals surface area contributed by atoms with E-state index in [0.29, 0.717) is 45.4 Å². The monoisotopic (exact) mass is 529 g/mol. The van der Waals surface area contributed by atoms with Gasteiger partial charge >= 0.3 is 0 Å². The highest BCUT2D eigenvalue weighted by Crippen LogP contribution is 2.27. The van der Waals surface area contributed by atoms with Crippen molar-refractivity contribution in [3.63, 3.8) is 0 Å². The number of carbonyl (C=O) groups is 4. The molecule has 1 N–H and O–H groups in total. The van der Waals surface area contributed by atoms with Crippen LogP contribution in [-0.4, -0.2) is 56.5 Å². The molecule has 6 rings (SSSR count). The van der Waals surface area contributed by atoms with Gasteiger partial charge in [-0.05, 0) is 24.3 Å². The lowest BCUT2D eigenvalue weighted by Gasteiger charge is -2.12. The Hall–Kier alpha value is -4.22. The lowest BCUT2D eigenvalue weighted by Crippen LogP contribution is -2.31. The summed E-state index contributed by atoms with van der Waals surface area (Å²) < 4.78 is 0. The highest BCUT2D eigenvalue weighted by molar-refractivity contribution is 7.16. The zero-order valence-corrected chi connectivity index (χ0v) is 21.0. The normalized spacial score (nSPS) is 14.5. The Labute approximate surface area is 219 Å². The van der Waals surface area contributed by atoms with Gasteiger partial charge in [0.2, 0.25) is 0 Å². The lowest BCUT2D eigenvalue weighted by molar-refractivity contribution is 0.0640. The van der Waals surface area contributed by atoms with Crippen molar-refractivity contribution in [1.82, 2.24) is 19.8 Å². The van der Waals surface area contributed by atoms with Crippen LogP contribution in [0.25, 0.3) is 0 Å². The number of hydrogen-bond donors (Lipinski definition) is 1. The first-order valence-electron chi connectivity index (χ1n) is 11.6. The number of thiazole rings is 2. The molecule has 0 radical (unpaired) electrons. The molecule has 0 fully saturated rings. The smallest absolute Gasteiger partial charge is 0.261 e. The third-order valence-electron chi connectivity index (χ3n) is 6.26. The molecule has 0 unspecified atom stereocenters. The summed E-state index contributed by atoms with van der Waals surface area (Å²) in [6.45, 7) is 0.517. The van der Waals surface area contributed by atoms with Crippen molar-refractivity contribution < 1.29 is 19.2 Å². The molecule has 0 atom stereocenters. The Bertz CT molecular complexity index is 1390. The number of hydrogen-bond acceptors (Lipinski definition) is 9. The minimum atomic E-state index is -0.272. The predicted molar refractivity (Wildman–Crippen MR) is 139 cm³/mol. The van der Waals surface area contributed by atoms with E-state index in [2.05, 4.69) is 15.3 Å². The fraction of sp³-hybridized carbons (Fsp3) is 0.154. The molecule has 2 aromatic heterocycles. The van der Waals surface area contributed by atoms with Crippen molar-refractivity contribution in [3.8, 4) is 0 Å². The number of imide groups is 2. The average molecular weight is 530 g/mol. The first-order valence-corrected chi connectivity index (χ1v) is 13.3. The Kier molecular flexibility index (Phi) is 5.85. The van der Waals surface area contributed by atoms with E-state index in [1.165, 1.54) is 32.5 Å². The van der Waals surface area contributed by atoms with Crippen molar-refractivity contribution in [2.24, 2.45) is 0 Å². The summed E-state index contributed by atoms with van der Waals surface area (Å²) in [5, 5.41) is 8.26. The minimum Gasteiger partial charge on any atom is -0.307 e. The SMILES string of the molecule is O=C1c2ccccc2C(=O)N1CCc1csc(Nc2nc(CCN3C(=O)c4ccccc4C3=O)cs2)n1. The van der Waals surface area contributed by atoms with Gasteiger partial charge in [0.1, 0.15) is 0 Å². The van der Waals surface area contributed by atoms with Crippen LogP contribution in [-0.2, 0) is 12.8 Å². The molecule has 0 aliphatic carbocycles. The van der Waals surface area contributed by atoms with Gasteiger partial charge in [-0.1, -0.05) is 24.3 Å². The predicted octanol–water partition coefficient (Wildman–Crippen LogP) is 4.02. The van der Waals surface area contributed by atoms with Crippen LogP contribution in [0.3, 0.4) is 0 Å². The number of carbonyl (C=O) groups excluding carboxylic acids is 4. The fourth-order valence-corrected chi connectivity index (χ4v) is 5.94. The molecule has 2 aliphatic heterocycles. The number of fused-ring (bicyclic) bond motifs is 2. The summed E-state index contributed by atoms with van der Waals surface area (Å²) in [6, 6.07) is 13.7. The second-order valence-corrected chi connectivity index (χ2v) is 10.2. The highest BCUT2D eigenvalue weighted by Gasteiger charge is 2.35. The van der Waals surface area contributed by atoms with Gasteiger partial charge in [-0.3, -0.25) is 29.0 Å². The number of nitrogens with zero attached hydrogens (tertiary/aromatic N) is 4. The number of rotatable bonds is 8. The van der Waals surface area contributed by atoms with Crippen LogP contribution < -0.4 is 5.32 Å². The van der Waals surface area contributed by atoms with Crippen molar-refractivity contribution in [2.75, 3.05) is 18.4 Å². The molecule has 4 aromatic rings. The van der Waals surface area contributed by atoms with E-state index in [1.807, 2.05) is 10.8 Å². The molecule has 2 aromatic carbocycles. The van der Waals surface area contributed by atoms with E-state index >= 15 is 0 Å². The highest BCUT2D eigenvalue weighted by atomic mass is 32.1. The molecule has 11 heteroatoms. The number of anilines is 2. The molecule has 2 aliphatic rings. The van der Waals surface area contributed by atoms with Crippen molar-refractivity contribution in [3.05, 3.63) is 92.9 Å². The van der Waals surface area contributed by atoms with E-state index in [4.69, 9.17) is 0 Å². The molecular weight excluding hydrogens is 510 g/mol. The van der Waals surface area contributed by atoms with Crippen molar-refractivity contribution in [2.45, 2.75) is 12.8 Å². The summed E-state index contributed by atoms with van der Waals surface area (Å²) in [5.74, 6) is -1.09. The zero-order chi connectivity index (χ0) is 25.5. The maximum Gasteiger partial charge on any atom is 0.261 e. The van der Waals surface area contributed by atoms with Gasteiger partial charge < -0.3 is 5.32 Å². The van der Waals surface area contributed by atoms with E-state index in [1.54, 1.807) is 48.5 Å². The molecular formula is C26H19N5O4S2. The maximum absolute atomic E-state index is 12.5. The van der Waals surface area contributed by atoms with Gasteiger partial charge in [0, 0.05) is 36.7 Å². The summed E-state index contributed by atoms with van der Waals surface area (Å²) >= 11 is 2.82. The molecule has 0 spiro atoms. The molecule has 0 bridgehead atoms. The van der Waals surface area contributed by atoms with Crippen LogP contribution in [0.5, 0.6) is 0 Å². The Morgan fingerprint density at radius 1 is 0.595 bits per heavy atom. The lowest BCUT2D eigenvalue weighted by atomic mass is 10.1. The third-order valence-corrected chi connectivity index (χ3v) is 7.87. The largest absolute Gasteiger partial charge is 0.307 e. The maximum atomic E-state index is 12.5. The second kappa shape index (κ2) is 9.34. The molecule has 0 saturated heterocycles. The topological polar surface area (TPSA) is 113 Å². The van der Waals surface area contributed by atoms with E-state index < -0.39 is 0 Å². The summed E-state index contributed by atoms with van der Waals surface area (Å²) in [7, 11) is 0. The molecule has 37 heavy (non-hydrogen) atoms. The van der Waals surface area contributed by atoms with Crippen molar-refractivity contribution in [1.29, 1.82) is 0 Å². The van der Waals surface area contributed by atoms with Crippen LogP contribution in [0.4, 0.5) is 10.3 Å². The van der Waals surface area contributed by atoms with E-state index in [9.17, 15) is 19.2 Å². The Morgan fingerprint density at radius 2 is 0.946 bits per heavy atom. The van der Waals surface area contributed by atoms with E-state index in [-0.39, 0.29) is 36.7 Å². The number of benzene rings is 2. The molecule has 4 amide bonds. The standard InChI is InChI=1S/C26H19N5O4S2/c32-21-17-5-1-2-6-18(17)22(33)30(21)11-9-15-13-36-25(27-15)29-26-28-16(14-37-26)10-12-31-23(34)19-7-3-4-8-20(19)24(31)35/h1-8,13-14H,9-12H2,(H,27,28,29). The minimum absolute atomic E-state index is 0.259. The summed E-state index contributed by atoms with van der Waals surface area (Å²) in [5.41, 5.74) is 3.30. The van der Waals surface area contributed by atoms with Crippen LogP contribution in [0, 0.1) is 0 Å². The Balaban J connectivity index is 1.03. The molecule has 9 nitrogen and oxygen atoms in total. The van der Waals surface area contributed by atoms with Gasteiger partial charge in [0.15, 0.2) is 10.3 Å². The number of nitrogens with one attached hydrogen (secondary N) is 1.